The molecule has 0 aliphatic carbocycles. The number of hydrogen-bond donors (Lipinski definition) is 2. The summed E-state index contributed by atoms with van der Waals surface area (Å²) in [6.07, 6.45) is 1.28. The van der Waals surface area contributed by atoms with E-state index in [1.54, 1.807) is 7.05 Å². The van der Waals surface area contributed by atoms with E-state index in [1.165, 1.54) is 58.2 Å². The van der Waals surface area contributed by atoms with Crippen LogP contribution in [0.1, 0.15) is 0 Å². The van der Waals surface area contributed by atoms with Crippen LogP contribution < -0.4 is 5.32 Å². The number of carboxylic acids is 1. The fourth-order valence-electron chi connectivity index (χ4n) is 3.26. The number of aliphatic carboxylic acids is 1. The Bertz CT molecular complexity index is 1090. The molecular weight excluding hydrogens is 496 g/mol. The van der Waals surface area contributed by atoms with Crippen LogP contribution >= 0.6 is 35.3 Å². The number of ether oxygens (including phenoxy) is 1. The van der Waals surface area contributed by atoms with Gasteiger partial charge in [-0.25, -0.2) is 9.48 Å². The van der Waals surface area contributed by atoms with Gasteiger partial charge in [0.15, 0.2) is 6.33 Å². The van der Waals surface area contributed by atoms with Gasteiger partial charge < -0.3 is 15.2 Å². The Hall–Kier alpha value is -2.70. The first-order valence-electron chi connectivity index (χ1n) is 9.27. The second-order valence-corrected chi connectivity index (χ2v) is 9.71. The van der Waals surface area contributed by atoms with E-state index in [2.05, 4.69) is 36.3 Å². The maximum atomic E-state index is 13.1. The molecule has 2 N–H and O–H groups in total. The second kappa shape index (κ2) is 9.65. The van der Waals surface area contributed by atoms with Crippen LogP contribution in [0.5, 0.6) is 0 Å². The summed E-state index contributed by atoms with van der Waals surface area (Å²) >= 11 is 3.81. The van der Waals surface area contributed by atoms with Gasteiger partial charge in [-0.1, -0.05) is 11.8 Å². The van der Waals surface area contributed by atoms with Crippen molar-refractivity contribution < 1.29 is 24.2 Å². The molecule has 2 aromatic rings. The zero-order valence-electron chi connectivity index (χ0n) is 17.3. The van der Waals surface area contributed by atoms with Crippen molar-refractivity contribution in [1.82, 2.24) is 50.6 Å². The number of aromatic nitrogens is 8. The number of amides is 2. The van der Waals surface area contributed by atoms with Crippen LogP contribution in [-0.2, 0) is 32.0 Å². The molecule has 4 heterocycles. The largest absolute Gasteiger partial charge is 0.477 e. The Morgan fingerprint density at radius 3 is 2.88 bits per heavy atom. The highest BCUT2D eigenvalue weighted by atomic mass is 32.2. The summed E-state index contributed by atoms with van der Waals surface area (Å²) in [6, 6.07) is 0. The monoisotopic (exact) mass is 514 g/mol. The number of thioether (sulfide) groups is 3. The molecule has 4 rings (SSSR count). The molecule has 2 aliphatic rings. The Morgan fingerprint density at radius 2 is 2.24 bits per heavy atom. The Balaban J connectivity index is 1.44. The number of nitrogens with one attached hydrogen (secondary N) is 1. The molecule has 2 aromatic heterocycles. The summed E-state index contributed by atoms with van der Waals surface area (Å²) < 4.78 is 6.91. The Labute approximate surface area is 199 Å². The number of carbonyl (C=O) groups is 3. The highest BCUT2D eigenvalue weighted by Gasteiger charge is 2.66. The third-order valence-corrected chi connectivity index (χ3v) is 8.10. The topological polar surface area (TPSA) is 183 Å². The number of carboxylic acid groups (broad SMARTS) is 1. The zero-order valence-corrected chi connectivity index (χ0v) is 19.8. The van der Waals surface area contributed by atoms with E-state index in [0.717, 1.165) is 4.90 Å². The number of carbonyl (C=O) groups excluding carboxylic acids is 2. The molecular formula is C15H18N10O5S3. The van der Waals surface area contributed by atoms with Crippen LogP contribution in [0.25, 0.3) is 0 Å². The molecule has 0 spiro atoms. The summed E-state index contributed by atoms with van der Waals surface area (Å²) in [5.74, 6) is -1.36. The van der Waals surface area contributed by atoms with Crippen molar-refractivity contribution in [1.29, 1.82) is 0 Å². The standard InChI is InChI=1S/C15H18N10O5S3/c1-23-14(19-20-22-23)33-4-8-3-32-13-15(30-2,12(29)25(13)10(8)11(27)28)18-9(26)5-31-7-24-17-6-16-21-24/h6,13H,3-5,7H2,1-2H3,(H,18,26)(H,27,28). The fraction of sp³-hybridized carbons (Fsp3) is 0.533. The van der Waals surface area contributed by atoms with Crippen molar-refractivity contribution in [3.8, 4) is 0 Å². The average molecular weight is 515 g/mol. The van der Waals surface area contributed by atoms with Crippen LogP contribution in [0.4, 0.5) is 0 Å². The van der Waals surface area contributed by atoms with Gasteiger partial charge in [-0.3, -0.25) is 14.5 Å². The third kappa shape index (κ3) is 4.42. The van der Waals surface area contributed by atoms with Gasteiger partial charge in [0.05, 0.1) is 5.75 Å². The van der Waals surface area contributed by atoms with Crippen molar-refractivity contribution in [2.45, 2.75) is 22.1 Å². The Morgan fingerprint density at radius 1 is 1.42 bits per heavy atom. The van der Waals surface area contributed by atoms with Crippen LogP contribution in [0.2, 0.25) is 0 Å². The van der Waals surface area contributed by atoms with Crippen molar-refractivity contribution in [2.24, 2.45) is 7.05 Å². The lowest BCUT2D eigenvalue weighted by molar-refractivity contribution is -0.192. The molecule has 2 unspecified atom stereocenters. The lowest BCUT2D eigenvalue weighted by atomic mass is 9.98. The smallest absolute Gasteiger partial charge is 0.352 e. The molecule has 2 amide bonds. The van der Waals surface area contributed by atoms with Crippen LogP contribution in [0, 0.1) is 0 Å². The predicted molar refractivity (Wildman–Crippen MR) is 115 cm³/mol. The molecule has 1 fully saturated rings. The first-order valence-corrected chi connectivity index (χ1v) is 12.5. The van der Waals surface area contributed by atoms with E-state index >= 15 is 0 Å². The lowest BCUT2D eigenvalue weighted by Gasteiger charge is -2.55. The van der Waals surface area contributed by atoms with E-state index in [0.29, 0.717) is 28.1 Å². The maximum absolute atomic E-state index is 13.1. The third-order valence-electron chi connectivity index (χ3n) is 4.75. The van der Waals surface area contributed by atoms with Crippen LogP contribution in [-0.4, -0.2) is 104 Å². The van der Waals surface area contributed by atoms with E-state index in [1.807, 2.05) is 0 Å². The van der Waals surface area contributed by atoms with Gasteiger partial charge in [0.25, 0.3) is 11.6 Å². The SMILES string of the molecule is COC1(NC(=O)CSCn2ncnn2)C(=O)N2C(C(=O)O)=C(CSc3nnnn3C)CSC21. The molecule has 0 aromatic carbocycles. The van der Waals surface area contributed by atoms with E-state index in [4.69, 9.17) is 4.74 Å². The molecule has 33 heavy (non-hydrogen) atoms. The van der Waals surface area contributed by atoms with Gasteiger partial charge in [0.2, 0.25) is 11.1 Å². The number of β-lactam (4-membered cyclic amide) rings is 1. The van der Waals surface area contributed by atoms with E-state index in [-0.39, 0.29) is 11.4 Å². The summed E-state index contributed by atoms with van der Waals surface area (Å²) in [6.45, 7) is 0. The van der Waals surface area contributed by atoms with Gasteiger partial charge in [0, 0.05) is 25.7 Å². The molecule has 2 aliphatic heterocycles. The molecule has 176 valence electrons. The number of fused-ring (bicyclic) bond motifs is 1. The minimum Gasteiger partial charge on any atom is -0.477 e. The molecule has 0 saturated carbocycles. The number of nitrogens with zero attached hydrogens (tertiary/aromatic N) is 9. The quantitative estimate of drug-likeness (QED) is 0.210. The minimum atomic E-state index is -1.64. The normalized spacial score (nSPS) is 22.2. The Kier molecular flexibility index (Phi) is 6.86. The predicted octanol–water partition coefficient (Wildman–Crippen LogP) is -1.61. The van der Waals surface area contributed by atoms with Crippen LogP contribution in [0.15, 0.2) is 22.8 Å². The van der Waals surface area contributed by atoms with E-state index in [9.17, 15) is 19.5 Å². The maximum Gasteiger partial charge on any atom is 0.352 e. The van der Waals surface area contributed by atoms with Crippen molar-refractivity contribution in [3.63, 3.8) is 0 Å². The van der Waals surface area contributed by atoms with Crippen molar-refractivity contribution in [2.75, 3.05) is 24.4 Å². The minimum absolute atomic E-state index is 0.0204. The summed E-state index contributed by atoms with van der Waals surface area (Å²) in [7, 11) is 2.98. The number of tetrazole rings is 2. The molecule has 2 atom stereocenters. The zero-order chi connectivity index (χ0) is 23.6. The highest BCUT2D eigenvalue weighted by molar-refractivity contribution is 8.01. The van der Waals surface area contributed by atoms with Gasteiger partial charge in [-0.05, 0) is 21.2 Å². The molecule has 1 saturated heterocycles. The summed E-state index contributed by atoms with van der Waals surface area (Å²) in [4.78, 5) is 40.1. The lowest BCUT2D eigenvalue weighted by Crippen LogP contribution is -2.80. The fourth-order valence-corrected chi connectivity index (χ4v) is 6.32. The first-order chi connectivity index (χ1) is 15.9. The number of hydrogen-bond acceptors (Lipinski definition) is 13. The second-order valence-electron chi connectivity index (χ2n) is 6.74. The summed E-state index contributed by atoms with van der Waals surface area (Å²) in [5.41, 5.74) is -1.20. The van der Waals surface area contributed by atoms with Gasteiger partial charge in [0.1, 0.15) is 16.9 Å². The van der Waals surface area contributed by atoms with Crippen molar-refractivity contribution in [3.05, 3.63) is 17.6 Å². The van der Waals surface area contributed by atoms with Crippen molar-refractivity contribution >= 4 is 53.1 Å². The summed E-state index contributed by atoms with van der Waals surface area (Å²) in [5, 5.41) is 34.6. The first kappa shape index (κ1) is 23.5. The van der Waals surface area contributed by atoms with Gasteiger partial charge in [-0.15, -0.1) is 38.8 Å². The van der Waals surface area contributed by atoms with Crippen LogP contribution in [0.3, 0.4) is 0 Å². The average Bonchev–Trinajstić information content (AvgIpc) is 3.46. The highest BCUT2D eigenvalue weighted by Crippen LogP contribution is 2.47. The molecule has 15 nitrogen and oxygen atoms in total. The number of rotatable bonds is 10. The number of aryl methyl sites for hydroxylation is 1. The molecule has 0 bridgehead atoms. The number of methoxy groups -OCH3 is 1. The van der Waals surface area contributed by atoms with E-state index < -0.39 is 28.9 Å². The van der Waals surface area contributed by atoms with Gasteiger partial charge in [-0.2, -0.15) is 4.80 Å². The van der Waals surface area contributed by atoms with Gasteiger partial charge >= 0.3 is 5.97 Å². The molecule has 18 heteroatoms. The molecule has 0 radical (unpaired) electrons.